The van der Waals surface area contributed by atoms with Gasteiger partial charge in [-0.25, -0.2) is 0 Å². The molecule has 0 bridgehead atoms. The third-order valence-corrected chi connectivity index (χ3v) is 6.23. The Morgan fingerprint density at radius 2 is 2.08 bits per heavy atom. The molecule has 1 unspecified atom stereocenters. The van der Waals surface area contributed by atoms with Crippen LogP contribution in [0.4, 0.5) is 5.69 Å². The van der Waals surface area contributed by atoms with E-state index in [2.05, 4.69) is 5.10 Å². The average molecular weight is 257 g/mol. The van der Waals surface area contributed by atoms with Crippen molar-refractivity contribution in [2.45, 2.75) is 12.1 Å². The zero-order valence-electron chi connectivity index (χ0n) is 7.31. The number of benzene rings is 1. The minimum atomic E-state index is -1.41. The van der Waals surface area contributed by atoms with Gasteiger partial charge in [-0.2, -0.15) is 0 Å². The maximum atomic E-state index is 6.26. The zero-order chi connectivity index (χ0) is 9.26. The van der Waals surface area contributed by atoms with Crippen LogP contribution in [0, 0.1) is 0 Å². The third-order valence-electron chi connectivity index (χ3n) is 1.82. The summed E-state index contributed by atoms with van der Waals surface area (Å²) in [5.74, 6) is 0. The molecule has 1 aromatic rings. The van der Waals surface area contributed by atoms with Gasteiger partial charge in [0.15, 0.2) is 0 Å². The van der Waals surface area contributed by atoms with E-state index >= 15 is 0 Å². The van der Waals surface area contributed by atoms with E-state index < -0.39 is 13.9 Å². The molecule has 0 spiro atoms. The molecule has 13 heavy (non-hydrogen) atoms. The van der Waals surface area contributed by atoms with Gasteiger partial charge in [0.1, 0.15) is 0 Å². The minimum absolute atomic E-state index is 0.990. The van der Waals surface area contributed by atoms with Gasteiger partial charge in [-0.3, -0.25) is 0 Å². The van der Waals surface area contributed by atoms with Crippen LogP contribution in [0.5, 0.6) is 0 Å². The molecular weight excluding hydrogens is 246 g/mol. The molecule has 0 fully saturated rings. The molecule has 0 saturated heterocycles. The first kappa shape index (κ1) is 9.11. The van der Waals surface area contributed by atoms with Gasteiger partial charge in [0, 0.05) is 0 Å². The summed E-state index contributed by atoms with van der Waals surface area (Å²) in [6.07, 6.45) is 0. The van der Waals surface area contributed by atoms with E-state index in [1.807, 2.05) is 41.2 Å². The van der Waals surface area contributed by atoms with E-state index in [1.54, 1.807) is 0 Å². The second-order valence-corrected chi connectivity index (χ2v) is 7.85. The van der Waals surface area contributed by atoms with Crippen molar-refractivity contribution in [3.05, 3.63) is 30.3 Å². The molecule has 1 aliphatic heterocycles. The predicted octanol–water partition coefficient (Wildman–Crippen LogP) is 2.61. The van der Waals surface area contributed by atoms with Crippen LogP contribution in [-0.2, 0) is 0 Å². The second-order valence-electron chi connectivity index (χ2n) is 2.95. The molecule has 1 heterocycles. The number of hydrazone groups is 1. The van der Waals surface area contributed by atoms with E-state index in [4.69, 9.17) is 9.95 Å². The molecule has 1 aromatic carbocycles. The van der Waals surface area contributed by atoms with Crippen LogP contribution in [0.2, 0.25) is 5.21 Å². The normalized spacial score (nSPS) is 21.8. The zero-order valence-corrected chi connectivity index (χ0v) is 9.95. The summed E-state index contributed by atoms with van der Waals surface area (Å²) in [4.78, 5) is 0. The monoisotopic (exact) mass is 256 g/mol. The van der Waals surface area contributed by atoms with Gasteiger partial charge in [-0.15, -0.1) is 0 Å². The molecule has 2 nitrogen and oxygen atoms in total. The van der Waals surface area contributed by atoms with Crippen LogP contribution in [0.25, 0.3) is 0 Å². The Hall–Kier alpha value is -0.462. The van der Waals surface area contributed by atoms with Crippen molar-refractivity contribution in [2.24, 2.45) is 5.10 Å². The Balaban J connectivity index is 2.27. The van der Waals surface area contributed by atoms with Crippen molar-refractivity contribution in [3.63, 3.8) is 0 Å². The summed E-state index contributed by atoms with van der Waals surface area (Å²) in [5, 5.41) is 5.41. The number of halogens is 1. The summed E-state index contributed by atoms with van der Waals surface area (Å²) in [5.41, 5.74) is 2.27. The van der Waals surface area contributed by atoms with Crippen molar-refractivity contribution in [2.75, 3.05) is 3.93 Å². The summed E-state index contributed by atoms with van der Waals surface area (Å²) in [7, 11) is 6.26. The van der Waals surface area contributed by atoms with Gasteiger partial charge >= 0.3 is 86.8 Å². The summed E-state index contributed by atoms with van der Waals surface area (Å²) < 4.78 is 2.00. The van der Waals surface area contributed by atoms with Crippen molar-refractivity contribution in [1.82, 2.24) is 0 Å². The van der Waals surface area contributed by atoms with E-state index in [-0.39, 0.29) is 0 Å². The Bertz CT molecular complexity index is 326. The third kappa shape index (κ3) is 1.89. The first-order valence-corrected chi connectivity index (χ1v) is 8.73. The standard InChI is InChI=1S/C9H10AsClN2/c1-8-7-10(11)13(12-8)9-5-3-2-4-6-9/h2-6H,7H2,1H3. The van der Waals surface area contributed by atoms with E-state index in [0.29, 0.717) is 0 Å². The molecule has 0 aromatic heterocycles. The van der Waals surface area contributed by atoms with Gasteiger partial charge < -0.3 is 0 Å². The molecule has 0 N–H and O–H groups in total. The van der Waals surface area contributed by atoms with E-state index in [1.165, 1.54) is 0 Å². The molecule has 1 aliphatic rings. The number of hydrogen-bond acceptors (Lipinski definition) is 2. The second kappa shape index (κ2) is 3.73. The van der Waals surface area contributed by atoms with Gasteiger partial charge in [-0.05, 0) is 0 Å². The van der Waals surface area contributed by atoms with Crippen molar-refractivity contribution in [3.8, 4) is 0 Å². The van der Waals surface area contributed by atoms with Crippen LogP contribution in [0.15, 0.2) is 35.4 Å². The SMILES string of the molecule is CC1=NN(c2ccccc2)[As](Cl)C1. The molecule has 0 aliphatic carbocycles. The van der Waals surface area contributed by atoms with E-state index in [0.717, 1.165) is 16.6 Å². The fraction of sp³-hybridized carbons (Fsp3) is 0.222. The van der Waals surface area contributed by atoms with Gasteiger partial charge in [-0.1, -0.05) is 0 Å². The summed E-state index contributed by atoms with van der Waals surface area (Å²) in [6.45, 7) is 2.03. The fourth-order valence-electron chi connectivity index (χ4n) is 1.24. The molecule has 0 saturated carbocycles. The molecule has 1 atom stereocenters. The van der Waals surface area contributed by atoms with E-state index in [9.17, 15) is 0 Å². The maximum absolute atomic E-state index is 6.26. The quantitative estimate of drug-likeness (QED) is 0.705. The topological polar surface area (TPSA) is 15.6 Å². The first-order valence-electron chi connectivity index (χ1n) is 4.10. The summed E-state index contributed by atoms with van der Waals surface area (Å²) in [6, 6.07) is 10.1. The van der Waals surface area contributed by atoms with Crippen molar-refractivity contribution < 1.29 is 0 Å². The molecule has 68 valence electrons. The number of hydrogen-bond donors (Lipinski definition) is 0. The first-order chi connectivity index (χ1) is 6.27. The number of rotatable bonds is 1. The van der Waals surface area contributed by atoms with Crippen molar-refractivity contribution in [1.29, 1.82) is 0 Å². The van der Waals surface area contributed by atoms with Crippen LogP contribution in [0.1, 0.15) is 6.92 Å². The van der Waals surface area contributed by atoms with Crippen LogP contribution in [0.3, 0.4) is 0 Å². The Morgan fingerprint density at radius 1 is 1.38 bits per heavy atom. The van der Waals surface area contributed by atoms with Gasteiger partial charge in [0.2, 0.25) is 0 Å². The van der Waals surface area contributed by atoms with Crippen LogP contribution < -0.4 is 3.93 Å². The molecule has 2 rings (SSSR count). The molecular formula is C9H10AsClN2. The predicted molar refractivity (Wildman–Crippen MR) is 58.4 cm³/mol. The Kier molecular flexibility index (Phi) is 2.61. The number of para-hydroxylation sites is 1. The molecule has 0 amide bonds. The summed E-state index contributed by atoms with van der Waals surface area (Å²) >= 11 is -1.41. The average Bonchev–Trinajstić information content (AvgIpc) is 2.47. The van der Waals surface area contributed by atoms with Gasteiger partial charge in [0.05, 0.1) is 0 Å². The number of nitrogens with zero attached hydrogens (tertiary/aromatic N) is 2. The fourth-order valence-corrected chi connectivity index (χ4v) is 5.31. The van der Waals surface area contributed by atoms with Crippen LogP contribution >= 0.6 is 9.95 Å². The number of anilines is 1. The van der Waals surface area contributed by atoms with Crippen molar-refractivity contribution >= 4 is 35.3 Å². The van der Waals surface area contributed by atoms with Gasteiger partial charge in [0.25, 0.3) is 0 Å². The Labute approximate surface area is 86.8 Å². The molecule has 4 heteroatoms. The van der Waals surface area contributed by atoms with Crippen LogP contribution in [-0.4, -0.2) is 19.6 Å². The Morgan fingerprint density at radius 3 is 2.62 bits per heavy atom. The molecule has 0 radical (unpaired) electrons.